The van der Waals surface area contributed by atoms with E-state index in [1.807, 2.05) is 0 Å². The summed E-state index contributed by atoms with van der Waals surface area (Å²) < 4.78 is 0. The molecule has 1 amide bonds. The molecule has 64 valence electrons. The molecule has 2 N–H and O–H groups in total. The van der Waals surface area contributed by atoms with Crippen LogP contribution in [0.15, 0.2) is 0 Å². The maximum Gasteiger partial charge on any atom is 0.322 e. The molecule has 6 heteroatoms. The minimum atomic E-state index is -1.05. The highest BCUT2D eigenvalue weighted by Gasteiger charge is 2.12. The van der Waals surface area contributed by atoms with Gasteiger partial charge in [0.15, 0.2) is 0 Å². The number of carbonyl (C=O) groups is 2. The predicted molar refractivity (Wildman–Crippen MR) is 47.2 cm³/mol. The highest BCUT2D eigenvalue weighted by Crippen LogP contribution is 2.02. The van der Waals surface area contributed by atoms with Crippen molar-refractivity contribution in [2.75, 3.05) is 11.9 Å². The molecular formula is C5H7Br2NO3. The minimum Gasteiger partial charge on any atom is -0.480 e. The molecule has 0 aliphatic heterocycles. The topological polar surface area (TPSA) is 66.4 Å². The second-order valence-electron chi connectivity index (χ2n) is 1.73. The molecule has 0 bridgehead atoms. The average molecular weight is 289 g/mol. The average Bonchev–Trinajstić information content (AvgIpc) is 1.98. The van der Waals surface area contributed by atoms with E-state index in [4.69, 9.17) is 5.11 Å². The molecule has 0 aromatic heterocycles. The molecule has 0 fully saturated rings. The van der Waals surface area contributed by atoms with Gasteiger partial charge in [-0.3, -0.25) is 9.59 Å². The second kappa shape index (κ2) is 5.54. The van der Waals surface area contributed by atoms with Crippen molar-refractivity contribution in [3.05, 3.63) is 0 Å². The maximum absolute atomic E-state index is 10.8. The van der Waals surface area contributed by atoms with E-state index in [0.29, 0.717) is 5.33 Å². The van der Waals surface area contributed by atoms with Crippen molar-refractivity contribution < 1.29 is 14.7 Å². The molecule has 0 heterocycles. The molecule has 0 saturated carbocycles. The van der Waals surface area contributed by atoms with Crippen LogP contribution < -0.4 is 5.32 Å². The summed E-state index contributed by atoms with van der Waals surface area (Å²) in [6.45, 7) is -0.339. The van der Waals surface area contributed by atoms with E-state index in [1.54, 1.807) is 0 Å². The molecule has 0 spiro atoms. The van der Waals surface area contributed by atoms with Crippen LogP contribution in [-0.4, -0.2) is 33.7 Å². The Bertz CT molecular complexity index is 162. The number of alkyl halides is 2. The smallest absolute Gasteiger partial charge is 0.322 e. The summed E-state index contributed by atoms with van der Waals surface area (Å²) >= 11 is 6.11. The van der Waals surface area contributed by atoms with Crippen molar-refractivity contribution in [2.24, 2.45) is 0 Å². The van der Waals surface area contributed by atoms with Crippen LogP contribution in [0.2, 0.25) is 0 Å². The van der Waals surface area contributed by atoms with Gasteiger partial charge >= 0.3 is 5.97 Å². The fourth-order valence-corrected chi connectivity index (χ4v) is 0.799. The van der Waals surface area contributed by atoms with E-state index < -0.39 is 5.97 Å². The lowest BCUT2D eigenvalue weighted by atomic mass is 10.4. The molecule has 1 atom stereocenters. The van der Waals surface area contributed by atoms with Crippen LogP contribution in [0.3, 0.4) is 0 Å². The molecule has 0 aliphatic carbocycles. The van der Waals surface area contributed by atoms with Crippen LogP contribution in [0.25, 0.3) is 0 Å². The monoisotopic (exact) mass is 287 g/mol. The first kappa shape index (κ1) is 10.9. The Hall–Kier alpha value is -0.100. The lowest BCUT2D eigenvalue weighted by Crippen LogP contribution is -2.35. The van der Waals surface area contributed by atoms with Gasteiger partial charge in [-0.25, -0.2) is 0 Å². The highest BCUT2D eigenvalue weighted by atomic mass is 79.9. The standard InChI is InChI=1S/C5H7Br2NO3/c6-1-3(7)5(11)8-2-4(9)10/h3H,1-2H2,(H,8,11)(H,9,10). The van der Waals surface area contributed by atoms with Gasteiger partial charge < -0.3 is 10.4 Å². The quantitative estimate of drug-likeness (QED) is 0.734. The molecule has 0 aromatic rings. The fourth-order valence-electron chi connectivity index (χ4n) is 0.344. The first-order valence-corrected chi connectivity index (χ1v) is 4.81. The van der Waals surface area contributed by atoms with E-state index >= 15 is 0 Å². The van der Waals surface area contributed by atoms with Crippen LogP contribution in [0.5, 0.6) is 0 Å². The largest absolute Gasteiger partial charge is 0.480 e. The lowest BCUT2D eigenvalue weighted by molar-refractivity contribution is -0.137. The first-order valence-electron chi connectivity index (χ1n) is 2.77. The SMILES string of the molecule is O=C(O)CNC(=O)C(Br)CBr. The highest BCUT2D eigenvalue weighted by molar-refractivity contribution is 9.12. The molecule has 0 radical (unpaired) electrons. The maximum atomic E-state index is 10.8. The normalized spacial score (nSPS) is 12.2. The van der Waals surface area contributed by atoms with Crippen LogP contribution in [0.4, 0.5) is 0 Å². The summed E-state index contributed by atoms with van der Waals surface area (Å²) in [5.74, 6) is -1.38. The van der Waals surface area contributed by atoms with Crippen molar-refractivity contribution >= 4 is 43.7 Å². The van der Waals surface area contributed by atoms with Crippen LogP contribution in [-0.2, 0) is 9.59 Å². The zero-order chi connectivity index (χ0) is 8.85. The number of rotatable bonds is 4. The minimum absolute atomic E-state index is 0.329. The number of hydrogen-bond acceptors (Lipinski definition) is 2. The third kappa shape index (κ3) is 5.20. The Kier molecular flexibility index (Phi) is 5.49. The van der Waals surface area contributed by atoms with Gasteiger partial charge in [0.05, 0.1) is 0 Å². The third-order valence-electron chi connectivity index (χ3n) is 0.834. The van der Waals surface area contributed by atoms with Crippen molar-refractivity contribution in [3.63, 3.8) is 0 Å². The summed E-state index contributed by atoms with van der Waals surface area (Å²) in [6, 6.07) is 0. The zero-order valence-corrected chi connectivity index (χ0v) is 8.68. The summed E-state index contributed by atoms with van der Waals surface area (Å²) in [5.41, 5.74) is 0. The molecule has 0 aromatic carbocycles. The van der Waals surface area contributed by atoms with Crippen molar-refractivity contribution in [3.8, 4) is 0 Å². The Labute approximate surface area is 80.6 Å². The number of carboxylic acids is 1. The summed E-state index contributed by atoms with van der Waals surface area (Å²) in [7, 11) is 0. The van der Waals surface area contributed by atoms with Gasteiger partial charge in [-0.05, 0) is 0 Å². The van der Waals surface area contributed by atoms with Gasteiger partial charge in [0.25, 0.3) is 0 Å². The van der Waals surface area contributed by atoms with Crippen LogP contribution >= 0.6 is 31.9 Å². The molecular weight excluding hydrogens is 282 g/mol. The van der Waals surface area contributed by atoms with Gasteiger partial charge in [-0.15, -0.1) is 0 Å². The summed E-state index contributed by atoms with van der Waals surface area (Å²) in [4.78, 5) is 20.4. The van der Waals surface area contributed by atoms with E-state index in [9.17, 15) is 9.59 Å². The lowest BCUT2D eigenvalue weighted by Gasteiger charge is -2.04. The first-order chi connectivity index (χ1) is 5.07. The van der Waals surface area contributed by atoms with E-state index in [-0.39, 0.29) is 17.3 Å². The van der Waals surface area contributed by atoms with Crippen molar-refractivity contribution in [1.29, 1.82) is 0 Å². The van der Waals surface area contributed by atoms with E-state index in [1.165, 1.54) is 0 Å². The van der Waals surface area contributed by atoms with E-state index in [0.717, 1.165) is 0 Å². The summed E-state index contributed by atoms with van der Waals surface area (Å²) in [6.07, 6.45) is 0. The zero-order valence-electron chi connectivity index (χ0n) is 5.51. The summed E-state index contributed by atoms with van der Waals surface area (Å²) in [5, 5.41) is 10.8. The fraction of sp³-hybridized carbons (Fsp3) is 0.600. The molecule has 0 rings (SSSR count). The number of hydrogen-bond donors (Lipinski definition) is 2. The van der Waals surface area contributed by atoms with Crippen molar-refractivity contribution in [1.82, 2.24) is 5.32 Å². The number of amides is 1. The number of halogens is 2. The number of carboxylic acid groups (broad SMARTS) is 1. The Morgan fingerprint density at radius 2 is 2.09 bits per heavy atom. The molecule has 0 saturated heterocycles. The van der Waals surface area contributed by atoms with Gasteiger partial charge in [0.1, 0.15) is 11.4 Å². The van der Waals surface area contributed by atoms with Crippen molar-refractivity contribution in [2.45, 2.75) is 4.83 Å². The second-order valence-corrected chi connectivity index (χ2v) is 3.49. The third-order valence-corrected chi connectivity index (χ3v) is 3.09. The number of nitrogens with one attached hydrogen (secondary N) is 1. The number of carbonyl (C=O) groups excluding carboxylic acids is 1. The molecule has 11 heavy (non-hydrogen) atoms. The van der Waals surface area contributed by atoms with Gasteiger partial charge in [-0.2, -0.15) is 0 Å². The Morgan fingerprint density at radius 1 is 1.55 bits per heavy atom. The number of aliphatic carboxylic acids is 1. The van der Waals surface area contributed by atoms with Gasteiger partial charge in [0.2, 0.25) is 5.91 Å². The van der Waals surface area contributed by atoms with Gasteiger partial charge in [-0.1, -0.05) is 31.9 Å². The van der Waals surface area contributed by atoms with Crippen LogP contribution in [0.1, 0.15) is 0 Å². The molecule has 0 aliphatic rings. The van der Waals surface area contributed by atoms with Crippen LogP contribution in [0, 0.1) is 0 Å². The molecule has 1 unspecified atom stereocenters. The molecule has 4 nitrogen and oxygen atoms in total. The predicted octanol–water partition coefficient (Wildman–Crippen LogP) is 0.346. The Balaban J connectivity index is 3.60. The van der Waals surface area contributed by atoms with E-state index in [2.05, 4.69) is 37.2 Å². The Morgan fingerprint density at radius 3 is 2.45 bits per heavy atom. The van der Waals surface area contributed by atoms with Gasteiger partial charge in [0, 0.05) is 5.33 Å².